The Morgan fingerprint density at radius 3 is 2.42 bits per heavy atom. The number of nitrogens with one attached hydrogen (secondary N) is 2. The van der Waals surface area contributed by atoms with Gasteiger partial charge in [-0.2, -0.15) is 0 Å². The summed E-state index contributed by atoms with van der Waals surface area (Å²) in [5.74, 6) is -0.336. The Hall–Kier alpha value is -3.15. The Morgan fingerprint density at radius 2 is 1.77 bits per heavy atom. The van der Waals surface area contributed by atoms with Crippen molar-refractivity contribution >= 4 is 28.6 Å². The third-order valence-electron chi connectivity index (χ3n) is 4.10. The number of H-pyrrole nitrogens is 1. The molecule has 0 spiro atoms. The Labute approximate surface area is 151 Å². The van der Waals surface area contributed by atoms with E-state index >= 15 is 0 Å². The quantitative estimate of drug-likeness (QED) is 0.624. The summed E-state index contributed by atoms with van der Waals surface area (Å²) in [6.45, 7) is 3.54. The summed E-state index contributed by atoms with van der Waals surface area (Å²) in [5.41, 5.74) is 2.87. The lowest BCUT2D eigenvalue weighted by Crippen LogP contribution is -2.24. The number of nitrogens with zero attached hydrogens (tertiary/aromatic N) is 1. The monoisotopic (exact) mass is 351 g/mol. The number of amides is 1. The maximum Gasteiger partial charge on any atom is 0.303 e. The van der Waals surface area contributed by atoms with Crippen molar-refractivity contribution in [1.82, 2.24) is 9.97 Å². The lowest BCUT2D eigenvalue weighted by atomic mass is 9.85. The summed E-state index contributed by atoms with van der Waals surface area (Å²) in [4.78, 5) is 30.8. The van der Waals surface area contributed by atoms with Gasteiger partial charge >= 0.3 is 5.97 Å². The zero-order valence-electron chi connectivity index (χ0n) is 14.7. The minimum atomic E-state index is -0.905. The Bertz CT molecular complexity index is 909. The van der Waals surface area contributed by atoms with Crippen molar-refractivity contribution in [2.45, 2.75) is 26.7 Å². The fourth-order valence-electron chi connectivity index (χ4n) is 2.91. The van der Waals surface area contributed by atoms with Crippen molar-refractivity contribution < 1.29 is 14.7 Å². The maximum atomic E-state index is 12.2. The van der Waals surface area contributed by atoms with E-state index in [9.17, 15) is 9.59 Å². The summed E-state index contributed by atoms with van der Waals surface area (Å²) in [5, 5.41) is 11.7. The Kier molecular flexibility index (Phi) is 4.75. The van der Waals surface area contributed by atoms with Crippen LogP contribution in [0, 0.1) is 5.41 Å². The van der Waals surface area contributed by atoms with Crippen molar-refractivity contribution in [3.63, 3.8) is 0 Å². The minimum absolute atomic E-state index is 0.0502. The highest BCUT2D eigenvalue weighted by atomic mass is 16.4. The van der Waals surface area contributed by atoms with Gasteiger partial charge in [0.1, 0.15) is 5.82 Å². The number of carboxylic acid groups (broad SMARTS) is 1. The molecule has 3 rings (SSSR count). The number of aromatic amines is 1. The molecule has 0 fully saturated rings. The number of benzene rings is 2. The van der Waals surface area contributed by atoms with Gasteiger partial charge in [-0.15, -0.1) is 0 Å². The third-order valence-corrected chi connectivity index (χ3v) is 4.10. The number of hydrogen-bond donors (Lipinski definition) is 3. The van der Waals surface area contributed by atoms with E-state index in [1.165, 1.54) is 0 Å². The van der Waals surface area contributed by atoms with Crippen LogP contribution in [0.2, 0.25) is 0 Å². The average molecular weight is 351 g/mol. The molecule has 0 saturated heterocycles. The fraction of sp³-hybridized carbons (Fsp3) is 0.250. The number of carboxylic acids is 1. The number of fused-ring (bicyclic) bond motifs is 1. The molecule has 0 unspecified atom stereocenters. The zero-order chi connectivity index (χ0) is 18.7. The lowest BCUT2D eigenvalue weighted by molar-refractivity contribution is -0.139. The molecule has 1 heterocycles. The average Bonchev–Trinajstić information content (AvgIpc) is 2.97. The molecule has 3 N–H and O–H groups in total. The van der Waals surface area contributed by atoms with Crippen LogP contribution in [0.1, 0.15) is 26.7 Å². The van der Waals surface area contributed by atoms with Gasteiger partial charge in [0.25, 0.3) is 0 Å². The van der Waals surface area contributed by atoms with Crippen molar-refractivity contribution in [1.29, 1.82) is 0 Å². The second-order valence-electron chi connectivity index (χ2n) is 7.14. The number of aromatic nitrogens is 2. The van der Waals surface area contributed by atoms with Gasteiger partial charge in [-0.3, -0.25) is 9.59 Å². The van der Waals surface area contributed by atoms with E-state index in [0.717, 1.165) is 22.4 Å². The molecule has 1 amide bonds. The number of imidazole rings is 1. The van der Waals surface area contributed by atoms with E-state index in [-0.39, 0.29) is 18.7 Å². The van der Waals surface area contributed by atoms with E-state index < -0.39 is 11.4 Å². The molecule has 134 valence electrons. The summed E-state index contributed by atoms with van der Waals surface area (Å²) in [7, 11) is 0. The SMILES string of the molecule is CC(C)(CC(=O)O)CC(=O)Nc1ccc(-c2nc3ccccc3[nH]2)cc1. The van der Waals surface area contributed by atoms with Gasteiger partial charge in [0, 0.05) is 17.7 Å². The second-order valence-corrected chi connectivity index (χ2v) is 7.14. The minimum Gasteiger partial charge on any atom is -0.481 e. The molecule has 0 saturated carbocycles. The van der Waals surface area contributed by atoms with Crippen LogP contribution < -0.4 is 5.32 Å². The molecule has 3 aromatic rings. The zero-order valence-corrected chi connectivity index (χ0v) is 14.7. The highest BCUT2D eigenvalue weighted by Crippen LogP contribution is 2.26. The lowest BCUT2D eigenvalue weighted by Gasteiger charge is -2.21. The molecule has 1 aromatic heterocycles. The van der Waals surface area contributed by atoms with Crippen LogP contribution in [0.5, 0.6) is 0 Å². The molecule has 2 aromatic carbocycles. The molecule has 0 aliphatic heterocycles. The normalized spacial score (nSPS) is 11.5. The first-order valence-electron chi connectivity index (χ1n) is 8.39. The molecule has 6 nitrogen and oxygen atoms in total. The number of para-hydroxylation sites is 2. The first-order chi connectivity index (χ1) is 12.3. The predicted molar refractivity (Wildman–Crippen MR) is 101 cm³/mol. The van der Waals surface area contributed by atoms with Crippen molar-refractivity contribution in [3.05, 3.63) is 48.5 Å². The molecule has 0 atom stereocenters. The number of hydrogen-bond acceptors (Lipinski definition) is 3. The molecular weight excluding hydrogens is 330 g/mol. The second kappa shape index (κ2) is 7.00. The van der Waals surface area contributed by atoms with Crippen LogP contribution in [0.15, 0.2) is 48.5 Å². The molecule has 0 aliphatic rings. The Morgan fingerprint density at radius 1 is 1.08 bits per heavy atom. The van der Waals surface area contributed by atoms with Gasteiger partial charge in [-0.25, -0.2) is 4.98 Å². The topological polar surface area (TPSA) is 95.1 Å². The van der Waals surface area contributed by atoms with E-state index in [1.54, 1.807) is 13.8 Å². The van der Waals surface area contributed by atoms with Gasteiger partial charge < -0.3 is 15.4 Å². The van der Waals surface area contributed by atoms with Crippen molar-refractivity contribution in [2.24, 2.45) is 5.41 Å². The van der Waals surface area contributed by atoms with Gasteiger partial charge in [0.2, 0.25) is 5.91 Å². The van der Waals surface area contributed by atoms with E-state index in [1.807, 2.05) is 48.5 Å². The summed E-state index contributed by atoms with van der Waals surface area (Å²) in [6.07, 6.45) is 0.0933. The van der Waals surface area contributed by atoms with Crippen LogP contribution in [0.3, 0.4) is 0 Å². The number of anilines is 1. The molecule has 0 radical (unpaired) electrons. The van der Waals surface area contributed by atoms with Crippen LogP contribution >= 0.6 is 0 Å². The van der Waals surface area contributed by atoms with Crippen LogP contribution in [-0.4, -0.2) is 27.0 Å². The van der Waals surface area contributed by atoms with E-state index in [2.05, 4.69) is 15.3 Å². The standard InChI is InChI=1S/C20H21N3O3/c1-20(2,12-18(25)26)11-17(24)21-14-9-7-13(8-10-14)19-22-15-5-3-4-6-16(15)23-19/h3-10H,11-12H2,1-2H3,(H,21,24)(H,22,23)(H,25,26). The third kappa shape index (κ3) is 4.27. The van der Waals surface area contributed by atoms with Gasteiger partial charge in [-0.1, -0.05) is 26.0 Å². The molecule has 0 aliphatic carbocycles. The van der Waals surface area contributed by atoms with Gasteiger partial charge in [0.05, 0.1) is 17.5 Å². The molecule has 0 bridgehead atoms. The van der Waals surface area contributed by atoms with Gasteiger partial charge in [0.15, 0.2) is 0 Å². The molecule has 6 heteroatoms. The Balaban J connectivity index is 1.67. The summed E-state index contributed by atoms with van der Waals surface area (Å²) in [6, 6.07) is 15.2. The smallest absolute Gasteiger partial charge is 0.303 e. The van der Waals surface area contributed by atoms with Gasteiger partial charge in [-0.05, 0) is 41.8 Å². The van der Waals surface area contributed by atoms with Crippen LogP contribution in [0.4, 0.5) is 5.69 Å². The van der Waals surface area contributed by atoms with Crippen LogP contribution in [-0.2, 0) is 9.59 Å². The number of carbonyl (C=O) groups excluding carboxylic acids is 1. The maximum absolute atomic E-state index is 12.2. The predicted octanol–water partition coefficient (Wildman–Crippen LogP) is 4.06. The highest BCUT2D eigenvalue weighted by Gasteiger charge is 2.25. The molecule has 26 heavy (non-hydrogen) atoms. The molecular formula is C20H21N3O3. The van der Waals surface area contributed by atoms with Crippen molar-refractivity contribution in [2.75, 3.05) is 5.32 Å². The first kappa shape index (κ1) is 17.7. The fourth-order valence-corrected chi connectivity index (χ4v) is 2.91. The number of aliphatic carboxylic acids is 1. The van der Waals surface area contributed by atoms with Crippen LogP contribution in [0.25, 0.3) is 22.4 Å². The highest BCUT2D eigenvalue weighted by molar-refractivity contribution is 5.91. The number of carbonyl (C=O) groups is 2. The largest absolute Gasteiger partial charge is 0.481 e. The number of rotatable bonds is 6. The summed E-state index contributed by atoms with van der Waals surface area (Å²) < 4.78 is 0. The summed E-state index contributed by atoms with van der Waals surface area (Å²) >= 11 is 0. The first-order valence-corrected chi connectivity index (χ1v) is 8.39. The van der Waals surface area contributed by atoms with E-state index in [0.29, 0.717) is 5.69 Å². The van der Waals surface area contributed by atoms with Crippen molar-refractivity contribution in [3.8, 4) is 11.4 Å². The van der Waals surface area contributed by atoms with E-state index in [4.69, 9.17) is 5.11 Å².